The van der Waals surface area contributed by atoms with Crippen LogP contribution in [0, 0.1) is 19.7 Å². The van der Waals surface area contributed by atoms with Gasteiger partial charge < -0.3 is 14.2 Å². The van der Waals surface area contributed by atoms with E-state index in [-0.39, 0.29) is 18.1 Å². The van der Waals surface area contributed by atoms with E-state index in [0.717, 1.165) is 22.5 Å². The summed E-state index contributed by atoms with van der Waals surface area (Å²) >= 11 is 0. The fourth-order valence-corrected chi connectivity index (χ4v) is 4.26. The van der Waals surface area contributed by atoms with Crippen LogP contribution in [0.4, 0.5) is 10.3 Å². The van der Waals surface area contributed by atoms with E-state index in [2.05, 4.69) is 14.9 Å². The predicted molar refractivity (Wildman–Crippen MR) is 125 cm³/mol. The molecule has 168 valence electrons. The molecule has 1 amide bonds. The normalized spacial score (nSPS) is 14.2. The molecule has 8 heteroatoms. The van der Waals surface area contributed by atoms with Crippen molar-refractivity contribution in [1.29, 1.82) is 0 Å². The molecule has 7 nitrogen and oxygen atoms in total. The van der Waals surface area contributed by atoms with Crippen LogP contribution in [0.1, 0.15) is 16.8 Å². The molecule has 4 aromatic rings. The van der Waals surface area contributed by atoms with Gasteiger partial charge in [-0.1, -0.05) is 6.07 Å². The smallest absolute Gasteiger partial charge is 0.228 e. The Morgan fingerprint density at radius 2 is 1.79 bits per heavy atom. The van der Waals surface area contributed by atoms with Crippen LogP contribution in [0.2, 0.25) is 0 Å². The average molecular weight is 445 g/mol. The Morgan fingerprint density at radius 1 is 1.03 bits per heavy atom. The van der Waals surface area contributed by atoms with Gasteiger partial charge in [-0.15, -0.1) is 0 Å². The van der Waals surface area contributed by atoms with Crippen LogP contribution in [-0.2, 0) is 11.2 Å². The quantitative estimate of drug-likeness (QED) is 0.483. The summed E-state index contributed by atoms with van der Waals surface area (Å²) in [6.45, 7) is 6.34. The van der Waals surface area contributed by atoms with Crippen LogP contribution in [-0.4, -0.2) is 56.3 Å². The van der Waals surface area contributed by atoms with Crippen LogP contribution in [0.3, 0.4) is 0 Å². The molecule has 1 aliphatic rings. The van der Waals surface area contributed by atoms with E-state index in [0.29, 0.717) is 43.4 Å². The van der Waals surface area contributed by atoms with Gasteiger partial charge in [-0.05, 0) is 55.3 Å². The Labute approximate surface area is 191 Å². The Kier molecular flexibility index (Phi) is 5.50. The number of imidazole rings is 1. The zero-order chi connectivity index (χ0) is 22.9. The molecular weight excluding hydrogens is 419 g/mol. The molecule has 1 saturated heterocycles. The molecule has 33 heavy (non-hydrogen) atoms. The third-order valence-corrected chi connectivity index (χ3v) is 6.08. The van der Waals surface area contributed by atoms with Gasteiger partial charge in [-0.3, -0.25) is 4.79 Å². The molecule has 0 radical (unpaired) electrons. The summed E-state index contributed by atoms with van der Waals surface area (Å²) in [5, 5.41) is 0. The first-order chi connectivity index (χ1) is 16.0. The first kappa shape index (κ1) is 21.1. The van der Waals surface area contributed by atoms with Crippen molar-refractivity contribution in [2.24, 2.45) is 0 Å². The van der Waals surface area contributed by atoms with Crippen molar-refractivity contribution in [3.63, 3.8) is 0 Å². The fraction of sp³-hybridized carbons (Fsp3) is 0.280. The number of rotatable bonds is 4. The van der Waals surface area contributed by atoms with Crippen molar-refractivity contribution in [3.8, 4) is 11.3 Å². The first-order valence-corrected chi connectivity index (χ1v) is 11.0. The second-order valence-electron chi connectivity index (χ2n) is 8.40. The topological polar surface area (TPSA) is 66.6 Å². The fourth-order valence-electron chi connectivity index (χ4n) is 4.26. The van der Waals surface area contributed by atoms with Crippen LogP contribution < -0.4 is 4.90 Å². The summed E-state index contributed by atoms with van der Waals surface area (Å²) in [4.78, 5) is 30.7. The van der Waals surface area contributed by atoms with E-state index in [1.807, 2.05) is 34.6 Å². The number of amides is 1. The Bertz CT molecular complexity index is 1310. The first-order valence-electron chi connectivity index (χ1n) is 11.0. The van der Waals surface area contributed by atoms with Crippen LogP contribution in [0.15, 0.2) is 55.0 Å². The van der Waals surface area contributed by atoms with E-state index in [1.165, 1.54) is 6.07 Å². The lowest BCUT2D eigenvalue weighted by Crippen LogP contribution is -2.49. The number of benzene rings is 1. The monoisotopic (exact) mass is 444 g/mol. The lowest BCUT2D eigenvalue weighted by Gasteiger charge is -2.34. The van der Waals surface area contributed by atoms with Crippen LogP contribution in [0.5, 0.6) is 0 Å². The maximum Gasteiger partial charge on any atom is 0.228 e. The number of pyridine rings is 1. The lowest BCUT2D eigenvalue weighted by atomic mass is 10.1. The van der Waals surface area contributed by atoms with Gasteiger partial charge in [0, 0.05) is 50.3 Å². The number of anilines is 1. The van der Waals surface area contributed by atoms with Crippen molar-refractivity contribution in [2.75, 3.05) is 31.1 Å². The third-order valence-electron chi connectivity index (χ3n) is 6.08. The molecule has 0 bridgehead atoms. The van der Waals surface area contributed by atoms with Gasteiger partial charge in [0.25, 0.3) is 0 Å². The van der Waals surface area contributed by atoms with Crippen molar-refractivity contribution in [1.82, 2.24) is 24.3 Å². The molecule has 1 aliphatic heterocycles. The molecule has 1 fully saturated rings. The van der Waals surface area contributed by atoms with E-state index >= 15 is 0 Å². The highest BCUT2D eigenvalue weighted by Crippen LogP contribution is 2.27. The number of hydrogen-bond donors (Lipinski definition) is 0. The molecule has 0 atom stereocenters. The number of fused-ring (bicyclic) bond motifs is 1. The average Bonchev–Trinajstić information content (AvgIpc) is 3.19. The Hall–Kier alpha value is -3.81. The number of carbonyl (C=O) groups excluding carboxylic acids is 1. The number of piperazine rings is 1. The predicted octanol–water partition coefficient (Wildman–Crippen LogP) is 3.44. The molecule has 0 N–H and O–H groups in total. The Balaban J connectivity index is 1.41. The van der Waals surface area contributed by atoms with Gasteiger partial charge in [-0.25, -0.2) is 19.3 Å². The highest BCUT2D eigenvalue weighted by atomic mass is 19.1. The molecular formula is C25H25FN6O. The van der Waals surface area contributed by atoms with Crippen molar-refractivity contribution in [3.05, 3.63) is 77.6 Å². The maximum atomic E-state index is 13.9. The summed E-state index contributed by atoms with van der Waals surface area (Å²) in [5.41, 5.74) is 4.74. The summed E-state index contributed by atoms with van der Waals surface area (Å²) in [7, 11) is 0. The van der Waals surface area contributed by atoms with Crippen molar-refractivity contribution < 1.29 is 9.18 Å². The zero-order valence-electron chi connectivity index (χ0n) is 18.7. The number of carbonyl (C=O) groups is 1. The van der Waals surface area contributed by atoms with Crippen LogP contribution in [0.25, 0.3) is 16.9 Å². The Morgan fingerprint density at radius 3 is 2.52 bits per heavy atom. The summed E-state index contributed by atoms with van der Waals surface area (Å²) < 4.78 is 15.9. The summed E-state index contributed by atoms with van der Waals surface area (Å²) in [6.07, 6.45) is 5.67. The van der Waals surface area contributed by atoms with Gasteiger partial charge in [0.1, 0.15) is 11.5 Å². The van der Waals surface area contributed by atoms with Crippen molar-refractivity contribution >= 4 is 17.5 Å². The standard InChI is InChI=1S/C25H25FN6O/c1-17-4-7-22-29-24(19-5-6-20(26)18(2)14-19)21(32(22)16-17)15-23(33)30-10-12-31(13-11-30)25-27-8-3-9-28-25/h3-9,14,16H,10-13,15H2,1-2H3. The van der Waals surface area contributed by atoms with Gasteiger partial charge in [0.05, 0.1) is 17.8 Å². The van der Waals surface area contributed by atoms with E-state index in [1.54, 1.807) is 37.5 Å². The molecule has 4 heterocycles. The molecule has 0 spiro atoms. The SMILES string of the molecule is Cc1ccc2nc(-c3ccc(F)c(C)c3)c(CC(=O)N3CCN(c4ncccn4)CC3)n2c1. The highest BCUT2D eigenvalue weighted by molar-refractivity contribution is 5.82. The van der Waals surface area contributed by atoms with Gasteiger partial charge in [0.2, 0.25) is 11.9 Å². The van der Waals surface area contributed by atoms with Gasteiger partial charge in [0.15, 0.2) is 0 Å². The molecule has 1 aromatic carbocycles. The molecule has 3 aromatic heterocycles. The lowest BCUT2D eigenvalue weighted by molar-refractivity contribution is -0.130. The molecule has 5 rings (SSSR count). The second kappa shape index (κ2) is 8.61. The van der Waals surface area contributed by atoms with Crippen molar-refractivity contribution in [2.45, 2.75) is 20.3 Å². The second-order valence-corrected chi connectivity index (χ2v) is 8.40. The molecule has 0 unspecified atom stereocenters. The van der Waals surface area contributed by atoms with E-state index < -0.39 is 0 Å². The summed E-state index contributed by atoms with van der Waals surface area (Å²) in [6, 6.07) is 10.7. The highest BCUT2D eigenvalue weighted by Gasteiger charge is 2.25. The maximum absolute atomic E-state index is 13.9. The minimum Gasteiger partial charge on any atom is -0.339 e. The number of aryl methyl sites for hydroxylation is 2. The minimum absolute atomic E-state index is 0.0482. The van der Waals surface area contributed by atoms with Crippen LogP contribution >= 0.6 is 0 Å². The third kappa shape index (κ3) is 4.16. The molecule has 0 aliphatic carbocycles. The minimum atomic E-state index is -0.253. The van der Waals surface area contributed by atoms with E-state index in [4.69, 9.17) is 4.98 Å². The largest absolute Gasteiger partial charge is 0.339 e. The number of aromatic nitrogens is 4. The van der Waals surface area contributed by atoms with E-state index in [9.17, 15) is 9.18 Å². The summed E-state index contributed by atoms with van der Waals surface area (Å²) in [5.74, 6) is 0.485. The number of halogens is 1. The molecule has 0 saturated carbocycles. The zero-order valence-corrected chi connectivity index (χ0v) is 18.7. The van der Waals surface area contributed by atoms with Gasteiger partial charge >= 0.3 is 0 Å². The van der Waals surface area contributed by atoms with Gasteiger partial charge in [-0.2, -0.15) is 0 Å². The number of nitrogens with zero attached hydrogens (tertiary/aromatic N) is 6. The number of hydrogen-bond acceptors (Lipinski definition) is 5.